The molecule has 0 spiro atoms. The molecule has 0 saturated carbocycles. The molecule has 0 aliphatic carbocycles. The fourth-order valence-electron chi connectivity index (χ4n) is 3.75. The van der Waals surface area contributed by atoms with Crippen LogP contribution in [0.5, 0.6) is 0 Å². The van der Waals surface area contributed by atoms with E-state index in [1.165, 1.54) is 6.33 Å². The number of phosphoric ester groups is 1. The van der Waals surface area contributed by atoms with Gasteiger partial charge in [-0.2, -0.15) is 4.98 Å². The summed E-state index contributed by atoms with van der Waals surface area (Å²) in [5.74, 6) is -0.683. The quantitative estimate of drug-likeness (QED) is 0.341. The van der Waals surface area contributed by atoms with Gasteiger partial charge in [0, 0.05) is 12.3 Å². The predicted octanol–water partition coefficient (Wildman–Crippen LogP) is 1.51. The number of aromatic amines is 1. The van der Waals surface area contributed by atoms with Crippen LogP contribution >= 0.6 is 7.82 Å². The standard InChI is InChI=1S/C18H26N5O8P/c1-9(2)29-12(24)5-4-6-27-32(26)28-7-11-14(31-32)10(3)17(30-11)23-8-20-13-15(23)21-18(19)22-16(13)25/h8-11,14,17H,4-7H2,1-3H3,(H3,19,21,22,25)/t10-,11+,14-,17+,32+/m0/s1. The van der Waals surface area contributed by atoms with E-state index < -0.39 is 31.8 Å². The highest BCUT2D eigenvalue weighted by Crippen LogP contribution is 2.58. The Kier molecular flexibility index (Phi) is 6.37. The molecule has 2 aliphatic rings. The molecule has 0 bridgehead atoms. The van der Waals surface area contributed by atoms with Crippen molar-refractivity contribution in [3.63, 3.8) is 0 Å². The third-order valence-electron chi connectivity index (χ3n) is 5.16. The minimum Gasteiger partial charge on any atom is -0.463 e. The number of carbonyl (C=O) groups is 1. The molecule has 32 heavy (non-hydrogen) atoms. The smallest absolute Gasteiger partial charge is 0.463 e. The number of nitrogens with two attached hydrogens (primary N) is 1. The average molecular weight is 471 g/mol. The lowest BCUT2D eigenvalue weighted by Gasteiger charge is -2.31. The molecule has 2 aromatic heterocycles. The van der Waals surface area contributed by atoms with E-state index in [-0.39, 0.29) is 54.7 Å². The Morgan fingerprint density at radius 2 is 2.25 bits per heavy atom. The van der Waals surface area contributed by atoms with Crippen LogP contribution in [0.25, 0.3) is 11.2 Å². The van der Waals surface area contributed by atoms with E-state index in [4.69, 9.17) is 28.8 Å². The van der Waals surface area contributed by atoms with E-state index in [0.717, 1.165) is 0 Å². The number of hydrogen-bond donors (Lipinski definition) is 2. The van der Waals surface area contributed by atoms with Gasteiger partial charge in [-0.25, -0.2) is 9.55 Å². The first kappa shape index (κ1) is 22.9. The molecule has 0 amide bonds. The summed E-state index contributed by atoms with van der Waals surface area (Å²) in [5.41, 5.74) is 5.61. The van der Waals surface area contributed by atoms with Gasteiger partial charge in [0.1, 0.15) is 18.4 Å². The number of carbonyl (C=O) groups excluding carboxylic acids is 1. The second-order valence-corrected chi connectivity index (χ2v) is 9.61. The van der Waals surface area contributed by atoms with Crippen molar-refractivity contribution in [2.24, 2.45) is 5.92 Å². The first-order valence-electron chi connectivity index (χ1n) is 10.3. The lowest BCUT2D eigenvalue weighted by atomic mass is 10.0. The Bertz CT molecular complexity index is 1100. The number of nitrogens with one attached hydrogen (secondary N) is 1. The molecule has 176 valence electrons. The number of nitrogens with zero attached hydrogens (tertiary/aromatic N) is 3. The average Bonchev–Trinajstić information content (AvgIpc) is 3.26. The van der Waals surface area contributed by atoms with E-state index in [1.807, 2.05) is 6.92 Å². The van der Waals surface area contributed by atoms with Crippen molar-refractivity contribution in [1.29, 1.82) is 0 Å². The number of nitrogen functional groups attached to an aromatic ring is 1. The summed E-state index contributed by atoms with van der Waals surface area (Å²) < 4.78 is 42.0. The molecule has 0 aromatic carbocycles. The summed E-state index contributed by atoms with van der Waals surface area (Å²) >= 11 is 0. The third-order valence-corrected chi connectivity index (χ3v) is 6.63. The van der Waals surface area contributed by atoms with Crippen molar-refractivity contribution >= 4 is 30.9 Å². The molecule has 0 unspecified atom stereocenters. The monoisotopic (exact) mass is 471 g/mol. The van der Waals surface area contributed by atoms with Crippen LogP contribution in [-0.2, 0) is 32.4 Å². The number of fused-ring (bicyclic) bond motifs is 2. The molecule has 13 nitrogen and oxygen atoms in total. The van der Waals surface area contributed by atoms with Crippen LogP contribution in [0.1, 0.15) is 39.8 Å². The zero-order valence-electron chi connectivity index (χ0n) is 17.9. The normalized spacial score (nSPS) is 30.0. The second-order valence-electron chi connectivity index (χ2n) is 7.99. The molecular formula is C18H26N5O8P. The highest BCUT2D eigenvalue weighted by Gasteiger charge is 2.52. The molecule has 0 radical (unpaired) electrons. The summed E-state index contributed by atoms with van der Waals surface area (Å²) in [6.45, 7) is 5.40. The van der Waals surface area contributed by atoms with Gasteiger partial charge in [-0.05, 0) is 20.3 Å². The molecule has 14 heteroatoms. The summed E-state index contributed by atoms with van der Waals surface area (Å²) in [4.78, 5) is 34.3. The van der Waals surface area contributed by atoms with Crippen molar-refractivity contribution in [2.75, 3.05) is 18.9 Å². The van der Waals surface area contributed by atoms with Crippen molar-refractivity contribution in [3.8, 4) is 0 Å². The number of esters is 1. The van der Waals surface area contributed by atoms with Gasteiger partial charge >= 0.3 is 13.8 Å². The topological polar surface area (TPSA) is 170 Å². The number of imidazole rings is 1. The van der Waals surface area contributed by atoms with Crippen LogP contribution < -0.4 is 11.3 Å². The fraction of sp³-hybridized carbons (Fsp3) is 0.667. The van der Waals surface area contributed by atoms with Crippen molar-refractivity contribution < 1.29 is 32.4 Å². The molecule has 2 aliphatic heterocycles. The molecule has 4 heterocycles. The molecule has 4 rings (SSSR count). The Morgan fingerprint density at radius 1 is 1.47 bits per heavy atom. The van der Waals surface area contributed by atoms with Gasteiger partial charge in [-0.15, -0.1) is 0 Å². The van der Waals surface area contributed by atoms with Crippen LogP contribution in [0.15, 0.2) is 11.1 Å². The SMILES string of the molecule is CC(C)OC(=O)CCCO[P@]1(=O)OC[C@H]2O[C@@H](n3cnc4c(=O)[nH]c(N)nc43)[C@@H](C)[C@@H]2O1. The number of ether oxygens (including phenoxy) is 2. The van der Waals surface area contributed by atoms with E-state index in [9.17, 15) is 14.2 Å². The molecule has 2 aromatic rings. The largest absolute Gasteiger partial charge is 0.475 e. The first-order chi connectivity index (χ1) is 15.2. The van der Waals surface area contributed by atoms with E-state index in [0.29, 0.717) is 6.42 Å². The fourth-order valence-corrected chi connectivity index (χ4v) is 5.26. The number of aromatic nitrogens is 4. The molecule has 3 N–H and O–H groups in total. The van der Waals surface area contributed by atoms with Crippen molar-refractivity contribution in [2.45, 2.75) is 58.2 Å². The molecule has 2 saturated heterocycles. The number of rotatable bonds is 7. The lowest BCUT2D eigenvalue weighted by molar-refractivity contribution is -0.147. The maximum absolute atomic E-state index is 12.9. The van der Waals surface area contributed by atoms with Crippen LogP contribution in [0.4, 0.5) is 5.95 Å². The van der Waals surface area contributed by atoms with Crippen LogP contribution in [0, 0.1) is 5.92 Å². The minimum absolute atomic E-state index is 0.000948. The van der Waals surface area contributed by atoms with Gasteiger partial charge in [0.2, 0.25) is 5.95 Å². The number of hydrogen-bond acceptors (Lipinski definition) is 11. The van der Waals surface area contributed by atoms with Crippen LogP contribution in [0.2, 0.25) is 0 Å². The van der Waals surface area contributed by atoms with Gasteiger partial charge in [0.05, 0.1) is 25.6 Å². The van der Waals surface area contributed by atoms with E-state index in [1.54, 1.807) is 18.4 Å². The number of H-pyrrole nitrogens is 1. The third kappa shape index (κ3) is 4.57. The van der Waals surface area contributed by atoms with Crippen molar-refractivity contribution in [1.82, 2.24) is 19.5 Å². The van der Waals surface area contributed by atoms with Gasteiger partial charge in [-0.3, -0.25) is 32.7 Å². The number of phosphoric acid groups is 1. The second kappa shape index (κ2) is 8.91. The zero-order valence-corrected chi connectivity index (χ0v) is 18.8. The summed E-state index contributed by atoms with van der Waals surface area (Å²) in [6, 6.07) is 0. The van der Waals surface area contributed by atoms with Gasteiger partial charge in [-0.1, -0.05) is 6.92 Å². The molecular weight excluding hydrogens is 445 g/mol. The summed E-state index contributed by atoms with van der Waals surface area (Å²) in [7, 11) is -3.82. The van der Waals surface area contributed by atoms with Gasteiger partial charge in [0.25, 0.3) is 5.56 Å². The molecule has 5 atom stereocenters. The number of anilines is 1. The maximum Gasteiger partial charge on any atom is 0.475 e. The zero-order chi connectivity index (χ0) is 23.0. The predicted molar refractivity (Wildman–Crippen MR) is 110 cm³/mol. The van der Waals surface area contributed by atoms with Crippen molar-refractivity contribution in [3.05, 3.63) is 16.7 Å². The van der Waals surface area contributed by atoms with E-state index in [2.05, 4.69) is 15.0 Å². The summed E-state index contributed by atoms with van der Waals surface area (Å²) in [5, 5.41) is 0. The maximum atomic E-state index is 12.9. The van der Waals surface area contributed by atoms with E-state index >= 15 is 0 Å². The molecule has 2 fully saturated rings. The van der Waals surface area contributed by atoms with Crippen LogP contribution in [0.3, 0.4) is 0 Å². The Balaban J connectivity index is 1.40. The minimum atomic E-state index is -3.82. The Morgan fingerprint density at radius 3 is 3.00 bits per heavy atom. The van der Waals surface area contributed by atoms with Gasteiger partial charge in [0.15, 0.2) is 11.2 Å². The van der Waals surface area contributed by atoms with Gasteiger partial charge < -0.3 is 15.2 Å². The summed E-state index contributed by atoms with van der Waals surface area (Å²) in [6.07, 6.45) is 0.0177. The first-order valence-corrected chi connectivity index (χ1v) is 11.8. The lowest BCUT2D eigenvalue weighted by Crippen LogP contribution is -2.36. The van der Waals surface area contributed by atoms with Crippen LogP contribution in [-0.4, -0.2) is 57.0 Å². The highest BCUT2D eigenvalue weighted by atomic mass is 31.2. The Labute approximate surface area is 183 Å². The Hall–Kier alpha value is -2.31. The highest BCUT2D eigenvalue weighted by molar-refractivity contribution is 7.48.